The fourth-order valence-corrected chi connectivity index (χ4v) is 2.41. The van der Waals surface area contributed by atoms with Crippen LogP contribution in [-0.4, -0.2) is 11.9 Å². The zero-order chi connectivity index (χ0) is 16.1. The summed E-state index contributed by atoms with van der Waals surface area (Å²) in [6.45, 7) is 3.84. The monoisotopic (exact) mass is 310 g/mol. The number of thiol groups is 1. The zero-order valence-electron chi connectivity index (χ0n) is 12.6. The lowest BCUT2D eigenvalue weighted by atomic mass is 10.00. The SMILES string of the molecule is CC(C)NC(=O)C(S)c1cccc(-c2cccc(C#N)c2)c1. The molecule has 0 fully saturated rings. The normalized spacial score (nSPS) is 11.8. The van der Waals surface area contributed by atoms with E-state index >= 15 is 0 Å². The van der Waals surface area contributed by atoms with Crippen LogP contribution in [0, 0.1) is 11.3 Å². The molecular weight excluding hydrogens is 292 g/mol. The summed E-state index contributed by atoms with van der Waals surface area (Å²) in [4.78, 5) is 12.1. The predicted molar refractivity (Wildman–Crippen MR) is 91.6 cm³/mol. The van der Waals surface area contributed by atoms with E-state index in [1.807, 2.05) is 56.3 Å². The molecular formula is C18H18N2OS. The molecule has 1 atom stereocenters. The molecule has 2 aromatic carbocycles. The summed E-state index contributed by atoms with van der Waals surface area (Å²) in [6.07, 6.45) is 0. The average Bonchev–Trinajstić information content (AvgIpc) is 2.53. The van der Waals surface area contributed by atoms with E-state index in [1.165, 1.54) is 0 Å². The van der Waals surface area contributed by atoms with Crippen molar-refractivity contribution in [2.45, 2.75) is 25.1 Å². The maximum Gasteiger partial charge on any atom is 0.237 e. The second-order valence-electron chi connectivity index (χ2n) is 5.38. The molecule has 0 aromatic heterocycles. The molecule has 0 heterocycles. The van der Waals surface area contributed by atoms with E-state index in [4.69, 9.17) is 5.26 Å². The van der Waals surface area contributed by atoms with Gasteiger partial charge >= 0.3 is 0 Å². The Morgan fingerprint density at radius 2 is 1.77 bits per heavy atom. The molecule has 1 amide bonds. The summed E-state index contributed by atoms with van der Waals surface area (Å²) in [7, 11) is 0. The Labute approximate surface area is 136 Å². The number of carbonyl (C=O) groups excluding carboxylic acids is 1. The maximum atomic E-state index is 12.1. The lowest BCUT2D eigenvalue weighted by molar-refractivity contribution is -0.121. The second kappa shape index (κ2) is 7.15. The Balaban J connectivity index is 2.30. The lowest BCUT2D eigenvalue weighted by Gasteiger charge is -2.15. The average molecular weight is 310 g/mol. The van der Waals surface area contributed by atoms with Crippen LogP contribution >= 0.6 is 12.6 Å². The van der Waals surface area contributed by atoms with Gasteiger partial charge in [-0.25, -0.2) is 0 Å². The molecule has 22 heavy (non-hydrogen) atoms. The molecule has 0 saturated carbocycles. The summed E-state index contributed by atoms with van der Waals surface area (Å²) in [5, 5.41) is 11.3. The molecule has 1 N–H and O–H groups in total. The van der Waals surface area contributed by atoms with E-state index in [1.54, 1.807) is 6.07 Å². The quantitative estimate of drug-likeness (QED) is 0.846. The molecule has 0 bridgehead atoms. The molecule has 0 saturated heterocycles. The van der Waals surface area contributed by atoms with Crippen LogP contribution in [0.2, 0.25) is 0 Å². The van der Waals surface area contributed by atoms with Gasteiger partial charge in [0, 0.05) is 6.04 Å². The maximum absolute atomic E-state index is 12.1. The van der Waals surface area contributed by atoms with Crippen LogP contribution in [0.3, 0.4) is 0 Å². The van der Waals surface area contributed by atoms with Gasteiger partial charge in [-0.05, 0) is 48.7 Å². The van der Waals surface area contributed by atoms with Crippen molar-refractivity contribution >= 4 is 18.5 Å². The predicted octanol–water partition coefficient (Wildman–Crippen LogP) is 3.72. The molecule has 0 spiro atoms. The molecule has 2 rings (SSSR count). The molecule has 3 nitrogen and oxygen atoms in total. The van der Waals surface area contributed by atoms with E-state index in [9.17, 15) is 4.79 Å². The first kappa shape index (κ1) is 16.1. The number of rotatable bonds is 4. The molecule has 0 radical (unpaired) electrons. The fraction of sp³-hybridized carbons (Fsp3) is 0.222. The van der Waals surface area contributed by atoms with Gasteiger partial charge in [-0.1, -0.05) is 30.3 Å². The molecule has 1 unspecified atom stereocenters. The topological polar surface area (TPSA) is 52.9 Å². The summed E-state index contributed by atoms with van der Waals surface area (Å²) in [6, 6.07) is 17.3. The first-order valence-corrected chi connectivity index (χ1v) is 7.62. The third-order valence-electron chi connectivity index (χ3n) is 3.21. The Bertz CT molecular complexity index is 719. The molecule has 2 aromatic rings. The van der Waals surface area contributed by atoms with E-state index in [2.05, 4.69) is 24.0 Å². The van der Waals surface area contributed by atoms with E-state index in [0.29, 0.717) is 5.56 Å². The van der Waals surface area contributed by atoms with Crippen LogP contribution in [-0.2, 0) is 4.79 Å². The van der Waals surface area contributed by atoms with Crippen molar-refractivity contribution in [3.8, 4) is 17.2 Å². The smallest absolute Gasteiger partial charge is 0.237 e. The van der Waals surface area contributed by atoms with E-state index in [0.717, 1.165) is 16.7 Å². The number of nitrogens with one attached hydrogen (secondary N) is 1. The van der Waals surface area contributed by atoms with E-state index in [-0.39, 0.29) is 11.9 Å². The Morgan fingerprint density at radius 3 is 2.41 bits per heavy atom. The van der Waals surface area contributed by atoms with Crippen LogP contribution in [0.15, 0.2) is 48.5 Å². The van der Waals surface area contributed by atoms with Gasteiger partial charge in [0.25, 0.3) is 0 Å². The van der Waals surface area contributed by atoms with Gasteiger partial charge in [0.05, 0.1) is 11.6 Å². The summed E-state index contributed by atoms with van der Waals surface area (Å²) >= 11 is 4.42. The standard InChI is InChI=1S/C18H18N2OS/c1-12(2)20-18(21)17(22)16-8-4-7-15(10-16)14-6-3-5-13(9-14)11-19/h3-10,12,17,22H,1-2H3,(H,20,21). The van der Waals surface area contributed by atoms with Crippen molar-refractivity contribution in [2.75, 3.05) is 0 Å². The number of hydrogen-bond acceptors (Lipinski definition) is 3. The highest BCUT2D eigenvalue weighted by Gasteiger charge is 2.17. The van der Waals surface area contributed by atoms with Crippen LogP contribution in [0.4, 0.5) is 0 Å². The van der Waals surface area contributed by atoms with Gasteiger partial charge in [0.2, 0.25) is 5.91 Å². The minimum absolute atomic E-state index is 0.0812. The van der Waals surface area contributed by atoms with Crippen LogP contribution in [0.1, 0.15) is 30.2 Å². The third-order valence-corrected chi connectivity index (χ3v) is 3.74. The molecule has 0 aliphatic heterocycles. The highest BCUT2D eigenvalue weighted by atomic mass is 32.1. The first-order chi connectivity index (χ1) is 10.5. The number of amides is 1. The van der Waals surface area contributed by atoms with Crippen LogP contribution < -0.4 is 5.32 Å². The highest BCUT2D eigenvalue weighted by molar-refractivity contribution is 7.81. The van der Waals surface area contributed by atoms with Crippen molar-refractivity contribution in [1.82, 2.24) is 5.32 Å². The number of hydrogen-bond donors (Lipinski definition) is 2. The van der Waals surface area contributed by atoms with Crippen molar-refractivity contribution < 1.29 is 4.79 Å². The third kappa shape index (κ3) is 3.90. The minimum atomic E-state index is -0.513. The van der Waals surface area contributed by atoms with Crippen LogP contribution in [0.25, 0.3) is 11.1 Å². The number of nitriles is 1. The van der Waals surface area contributed by atoms with E-state index < -0.39 is 5.25 Å². The first-order valence-electron chi connectivity index (χ1n) is 7.10. The number of carbonyl (C=O) groups is 1. The minimum Gasteiger partial charge on any atom is -0.353 e. The summed E-state index contributed by atoms with van der Waals surface area (Å²) < 4.78 is 0. The Hall–Kier alpha value is -2.25. The van der Waals surface area contributed by atoms with Gasteiger partial charge < -0.3 is 5.32 Å². The Morgan fingerprint density at radius 1 is 1.14 bits per heavy atom. The van der Waals surface area contributed by atoms with Gasteiger partial charge in [0.1, 0.15) is 5.25 Å². The Kier molecular flexibility index (Phi) is 5.24. The van der Waals surface area contributed by atoms with Crippen molar-refractivity contribution in [2.24, 2.45) is 0 Å². The largest absolute Gasteiger partial charge is 0.353 e. The number of nitrogens with zero attached hydrogens (tertiary/aromatic N) is 1. The van der Waals surface area contributed by atoms with Crippen molar-refractivity contribution in [1.29, 1.82) is 5.26 Å². The van der Waals surface area contributed by atoms with Crippen LogP contribution in [0.5, 0.6) is 0 Å². The fourth-order valence-electron chi connectivity index (χ4n) is 2.17. The number of benzene rings is 2. The van der Waals surface area contributed by atoms with Gasteiger partial charge in [-0.15, -0.1) is 0 Å². The summed E-state index contributed by atoms with van der Waals surface area (Å²) in [5.74, 6) is -0.110. The van der Waals surface area contributed by atoms with Gasteiger partial charge in [0.15, 0.2) is 0 Å². The van der Waals surface area contributed by atoms with Crippen molar-refractivity contribution in [3.05, 3.63) is 59.7 Å². The van der Waals surface area contributed by atoms with Gasteiger partial charge in [-0.2, -0.15) is 17.9 Å². The van der Waals surface area contributed by atoms with Crippen molar-refractivity contribution in [3.63, 3.8) is 0 Å². The second-order valence-corrected chi connectivity index (χ2v) is 5.90. The lowest BCUT2D eigenvalue weighted by Crippen LogP contribution is -2.32. The highest BCUT2D eigenvalue weighted by Crippen LogP contribution is 2.27. The molecule has 0 aliphatic rings. The van der Waals surface area contributed by atoms with Gasteiger partial charge in [-0.3, -0.25) is 4.79 Å². The molecule has 112 valence electrons. The molecule has 0 aliphatic carbocycles. The summed E-state index contributed by atoms with van der Waals surface area (Å²) in [5.41, 5.74) is 3.36. The zero-order valence-corrected chi connectivity index (χ0v) is 13.5. The molecule has 4 heteroatoms.